The molecule has 1 fully saturated rings. The minimum absolute atomic E-state index is 0.1000. The standard InChI is InChI=1S/C18H19F3N4S.C2H6O/c1-2-24-3-5-25(6-4-24)18-12-9-26-10-16(12)22-17(23-18)11-7-14(20)15(21)8-13(11)19;1-2-3/h7-8H,2-6,9-10H2,1H3;3H,2H2,1H3. The Morgan fingerprint density at radius 3 is 2.28 bits per heavy atom. The summed E-state index contributed by atoms with van der Waals surface area (Å²) < 4.78 is 41.1. The highest BCUT2D eigenvalue weighted by atomic mass is 32.2. The summed E-state index contributed by atoms with van der Waals surface area (Å²) in [6, 6.07) is 1.39. The third kappa shape index (κ3) is 4.84. The van der Waals surface area contributed by atoms with Crippen molar-refractivity contribution in [2.24, 2.45) is 0 Å². The van der Waals surface area contributed by atoms with Gasteiger partial charge in [-0.25, -0.2) is 23.1 Å². The van der Waals surface area contributed by atoms with Gasteiger partial charge in [-0.3, -0.25) is 0 Å². The van der Waals surface area contributed by atoms with Crippen LogP contribution < -0.4 is 4.90 Å². The molecule has 0 unspecified atom stereocenters. The van der Waals surface area contributed by atoms with E-state index in [4.69, 9.17) is 5.11 Å². The molecular formula is C20H25F3N4OS. The summed E-state index contributed by atoms with van der Waals surface area (Å²) >= 11 is 1.73. The summed E-state index contributed by atoms with van der Waals surface area (Å²) in [5, 5.41) is 7.57. The van der Waals surface area contributed by atoms with Crippen molar-refractivity contribution >= 4 is 17.6 Å². The summed E-state index contributed by atoms with van der Waals surface area (Å²) in [5.74, 6) is -0.698. The maximum atomic E-state index is 14.2. The average Bonchev–Trinajstić information content (AvgIpc) is 3.19. The van der Waals surface area contributed by atoms with Gasteiger partial charge < -0.3 is 14.9 Å². The quantitative estimate of drug-likeness (QED) is 0.759. The zero-order chi connectivity index (χ0) is 21.0. The van der Waals surface area contributed by atoms with Crippen LogP contribution in [0.3, 0.4) is 0 Å². The van der Waals surface area contributed by atoms with Crippen LogP contribution in [0.15, 0.2) is 12.1 Å². The minimum Gasteiger partial charge on any atom is -0.397 e. The molecule has 2 aliphatic rings. The van der Waals surface area contributed by atoms with Crippen molar-refractivity contribution in [2.75, 3.05) is 44.2 Å². The number of hydrogen-bond donors (Lipinski definition) is 1. The van der Waals surface area contributed by atoms with Gasteiger partial charge in [0.25, 0.3) is 0 Å². The molecule has 1 aromatic heterocycles. The van der Waals surface area contributed by atoms with Gasteiger partial charge in [-0.1, -0.05) is 6.92 Å². The second-order valence-electron chi connectivity index (χ2n) is 6.77. The molecule has 0 amide bonds. The predicted octanol–water partition coefficient (Wildman–Crippen LogP) is 3.45. The molecule has 0 bridgehead atoms. The number of anilines is 1. The zero-order valence-electron chi connectivity index (χ0n) is 16.6. The molecule has 2 aliphatic heterocycles. The van der Waals surface area contributed by atoms with Crippen LogP contribution in [0.2, 0.25) is 0 Å². The van der Waals surface area contributed by atoms with Crippen LogP contribution in [0.25, 0.3) is 11.4 Å². The lowest BCUT2D eigenvalue weighted by Crippen LogP contribution is -2.46. The van der Waals surface area contributed by atoms with Crippen LogP contribution in [-0.4, -0.2) is 59.3 Å². The first-order valence-electron chi connectivity index (χ1n) is 9.69. The highest BCUT2D eigenvalue weighted by Gasteiger charge is 2.27. The molecule has 29 heavy (non-hydrogen) atoms. The number of hydrogen-bond acceptors (Lipinski definition) is 6. The Hall–Kier alpha value is -1.84. The fourth-order valence-corrected chi connectivity index (χ4v) is 4.42. The van der Waals surface area contributed by atoms with Gasteiger partial charge in [-0.05, 0) is 19.5 Å². The van der Waals surface area contributed by atoms with E-state index in [0.717, 1.165) is 67.4 Å². The lowest BCUT2D eigenvalue weighted by atomic mass is 10.1. The monoisotopic (exact) mass is 426 g/mol. The fraction of sp³-hybridized carbons (Fsp3) is 0.500. The summed E-state index contributed by atoms with van der Waals surface area (Å²) in [7, 11) is 0. The first-order chi connectivity index (χ1) is 14.0. The molecule has 0 radical (unpaired) electrons. The van der Waals surface area contributed by atoms with Crippen LogP contribution >= 0.6 is 11.8 Å². The third-order valence-electron chi connectivity index (χ3n) is 4.93. The van der Waals surface area contributed by atoms with Gasteiger partial charge in [0.15, 0.2) is 17.5 Å². The van der Waals surface area contributed by atoms with Crippen molar-refractivity contribution in [2.45, 2.75) is 25.4 Å². The fourth-order valence-electron chi connectivity index (χ4n) is 3.39. The Balaban J connectivity index is 0.000000755. The lowest BCUT2D eigenvalue weighted by Gasteiger charge is -2.35. The maximum absolute atomic E-state index is 14.2. The summed E-state index contributed by atoms with van der Waals surface area (Å²) in [5.41, 5.74) is 1.83. The van der Waals surface area contributed by atoms with Crippen LogP contribution in [0.5, 0.6) is 0 Å². The first kappa shape index (κ1) is 21.9. The van der Waals surface area contributed by atoms with Crippen molar-refractivity contribution in [3.05, 3.63) is 40.8 Å². The van der Waals surface area contributed by atoms with E-state index in [1.54, 1.807) is 18.7 Å². The molecule has 1 aromatic carbocycles. The number of aliphatic hydroxyl groups excluding tert-OH is 1. The predicted molar refractivity (Wildman–Crippen MR) is 109 cm³/mol. The Labute approximate surface area is 173 Å². The molecule has 4 rings (SSSR count). The van der Waals surface area contributed by atoms with Crippen LogP contribution in [0, 0.1) is 17.5 Å². The Morgan fingerprint density at radius 1 is 0.966 bits per heavy atom. The molecule has 158 valence electrons. The smallest absolute Gasteiger partial charge is 0.164 e. The van der Waals surface area contributed by atoms with E-state index < -0.39 is 17.5 Å². The highest BCUT2D eigenvalue weighted by molar-refractivity contribution is 7.98. The Bertz CT molecular complexity index is 860. The number of halogens is 3. The van der Waals surface area contributed by atoms with E-state index in [-0.39, 0.29) is 18.0 Å². The second-order valence-corrected chi connectivity index (χ2v) is 7.76. The zero-order valence-corrected chi connectivity index (χ0v) is 17.4. The van der Waals surface area contributed by atoms with E-state index in [9.17, 15) is 13.2 Å². The minimum atomic E-state index is -1.21. The Morgan fingerprint density at radius 2 is 1.62 bits per heavy atom. The third-order valence-corrected chi connectivity index (χ3v) is 5.90. The van der Waals surface area contributed by atoms with Gasteiger partial charge in [0.2, 0.25) is 0 Å². The number of benzene rings is 1. The van der Waals surface area contributed by atoms with Crippen LogP contribution in [0.4, 0.5) is 19.0 Å². The van der Waals surface area contributed by atoms with Crippen molar-refractivity contribution in [1.29, 1.82) is 0 Å². The SMILES string of the molecule is CCN1CCN(c2nc(-c3cc(F)c(F)cc3F)nc3c2CSC3)CC1.CCO. The van der Waals surface area contributed by atoms with Crippen molar-refractivity contribution < 1.29 is 18.3 Å². The van der Waals surface area contributed by atoms with Gasteiger partial charge in [-0.2, -0.15) is 11.8 Å². The maximum Gasteiger partial charge on any atom is 0.164 e. The lowest BCUT2D eigenvalue weighted by molar-refractivity contribution is 0.270. The van der Waals surface area contributed by atoms with E-state index in [2.05, 4.69) is 26.7 Å². The van der Waals surface area contributed by atoms with Crippen LogP contribution in [-0.2, 0) is 11.5 Å². The van der Waals surface area contributed by atoms with Gasteiger partial charge in [0, 0.05) is 55.9 Å². The number of rotatable bonds is 3. The number of piperazine rings is 1. The second kappa shape index (κ2) is 9.77. The molecule has 5 nitrogen and oxygen atoms in total. The molecule has 3 heterocycles. The van der Waals surface area contributed by atoms with E-state index >= 15 is 0 Å². The molecule has 0 spiro atoms. The molecule has 9 heteroatoms. The van der Waals surface area contributed by atoms with E-state index in [1.807, 2.05) is 0 Å². The van der Waals surface area contributed by atoms with Crippen molar-refractivity contribution in [3.8, 4) is 11.4 Å². The summed E-state index contributed by atoms with van der Waals surface area (Å²) in [6.45, 7) is 8.63. The molecule has 1 saturated heterocycles. The van der Waals surface area contributed by atoms with Gasteiger partial charge in [-0.15, -0.1) is 0 Å². The number of thioether (sulfide) groups is 1. The van der Waals surface area contributed by atoms with Crippen molar-refractivity contribution in [1.82, 2.24) is 14.9 Å². The number of nitrogens with zero attached hydrogens (tertiary/aromatic N) is 4. The molecule has 2 aromatic rings. The van der Waals surface area contributed by atoms with Gasteiger partial charge >= 0.3 is 0 Å². The number of fused-ring (bicyclic) bond motifs is 1. The van der Waals surface area contributed by atoms with E-state index in [0.29, 0.717) is 6.07 Å². The van der Waals surface area contributed by atoms with Crippen LogP contribution in [0.1, 0.15) is 25.1 Å². The first-order valence-corrected chi connectivity index (χ1v) is 10.8. The molecular weight excluding hydrogens is 401 g/mol. The topological polar surface area (TPSA) is 52.5 Å². The number of aromatic nitrogens is 2. The van der Waals surface area contributed by atoms with E-state index in [1.165, 1.54) is 0 Å². The molecule has 1 N–H and O–H groups in total. The molecule has 0 aliphatic carbocycles. The van der Waals surface area contributed by atoms with Crippen molar-refractivity contribution in [3.63, 3.8) is 0 Å². The van der Waals surface area contributed by atoms with Gasteiger partial charge in [0.05, 0.1) is 11.3 Å². The molecule has 0 atom stereocenters. The normalized spacial score (nSPS) is 16.4. The summed E-state index contributed by atoms with van der Waals surface area (Å²) in [6.07, 6.45) is 0. The summed E-state index contributed by atoms with van der Waals surface area (Å²) in [4.78, 5) is 13.6. The highest BCUT2D eigenvalue weighted by Crippen LogP contribution is 2.37. The average molecular weight is 427 g/mol. The molecule has 0 saturated carbocycles. The number of aliphatic hydroxyl groups is 1. The van der Waals surface area contributed by atoms with Gasteiger partial charge in [0.1, 0.15) is 11.6 Å². The number of likely N-dealkylation sites (N-methyl/N-ethyl adjacent to an activating group) is 1. The largest absolute Gasteiger partial charge is 0.397 e. The Kier molecular flexibility index (Phi) is 7.37.